The van der Waals surface area contributed by atoms with Gasteiger partial charge in [-0.2, -0.15) is 0 Å². The van der Waals surface area contributed by atoms with Gasteiger partial charge in [0, 0.05) is 6.04 Å². The van der Waals surface area contributed by atoms with Crippen LogP contribution in [0.15, 0.2) is 0 Å². The molecule has 2 heteroatoms. The van der Waals surface area contributed by atoms with E-state index in [0.717, 1.165) is 19.1 Å². The predicted octanol–water partition coefficient (Wildman–Crippen LogP) is 4.00. The van der Waals surface area contributed by atoms with Crippen LogP contribution in [0.2, 0.25) is 0 Å². The monoisotopic (exact) mass is 267 g/mol. The van der Waals surface area contributed by atoms with E-state index < -0.39 is 0 Å². The molecule has 0 aliphatic heterocycles. The molecule has 2 fully saturated rings. The second-order valence-corrected chi connectivity index (χ2v) is 7.48. The van der Waals surface area contributed by atoms with Crippen molar-refractivity contribution in [1.29, 1.82) is 0 Å². The first-order valence-electron chi connectivity index (χ1n) is 8.30. The summed E-state index contributed by atoms with van der Waals surface area (Å²) in [6.45, 7) is 13.8. The van der Waals surface area contributed by atoms with Gasteiger partial charge in [0.15, 0.2) is 0 Å². The van der Waals surface area contributed by atoms with E-state index in [1.54, 1.807) is 0 Å². The van der Waals surface area contributed by atoms with Crippen LogP contribution in [0, 0.1) is 16.7 Å². The van der Waals surface area contributed by atoms with Gasteiger partial charge < -0.3 is 10.1 Å². The van der Waals surface area contributed by atoms with Crippen molar-refractivity contribution in [1.82, 2.24) is 5.32 Å². The van der Waals surface area contributed by atoms with Crippen LogP contribution >= 0.6 is 0 Å². The summed E-state index contributed by atoms with van der Waals surface area (Å²) in [7, 11) is 0. The van der Waals surface area contributed by atoms with E-state index in [-0.39, 0.29) is 0 Å². The van der Waals surface area contributed by atoms with Crippen molar-refractivity contribution in [3.63, 3.8) is 0 Å². The van der Waals surface area contributed by atoms with Gasteiger partial charge in [-0.05, 0) is 49.0 Å². The zero-order valence-corrected chi connectivity index (χ0v) is 13.6. The molecule has 1 N–H and O–H groups in total. The van der Waals surface area contributed by atoms with Crippen LogP contribution in [-0.4, -0.2) is 25.3 Å². The lowest BCUT2D eigenvalue weighted by Crippen LogP contribution is -2.41. The zero-order valence-electron chi connectivity index (χ0n) is 13.6. The molecule has 2 nitrogen and oxygen atoms in total. The third-order valence-corrected chi connectivity index (χ3v) is 6.34. The van der Waals surface area contributed by atoms with E-state index in [9.17, 15) is 0 Å². The molecule has 112 valence electrons. The summed E-state index contributed by atoms with van der Waals surface area (Å²) >= 11 is 0. The SMILES string of the molecule is CCCC(COC1CC2CCC1(C)C2(C)C)NCC. The summed E-state index contributed by atoms with van der Waals surface area (Å²) < 4.78 is 6.38. The number of nitrogens with one attached hydrogen (secondary N) is 1. The quantitative estimate of drug-likeness (QED) is 0.753. The number of hydrogen-bond donors (Lipinski definition) is 1. The molecule has 0 spiro atoms. The topological polar surface area (TPSA) is 21.3 Å². The van der Waals surface area contributed by atoms with Crippen molar-refractivity contribution in [3.8, 4) is 0 Å². The van der Waals surface area contributed by atoms with Crippen molar-refractivity contribution in [2.24, 2.45) is 16.7 Å². The van der Waals surface area contributed by atoms with Crippen LogP contribution in [0.4, 0.5) is 0 Å². The molecule has 2 aliphatic carbocycles. The van der Waals surface area contributed by atoms with E-state index in [4.69, 9.17) is 4.74 Å². The molecule has 0 radical (unpaired) electrons. The molecule has 2 saturated carbocycles. The summed E-state index contributed by atoms with van der Waals surface area (Å²) in [6, 6.07) is 0.542. The molecule has 0 aromatic rings. The second-order valence-electron chi connectivity index (χ2n) is 7.48. The first kappa shape index (κ1) is 15.3. The van der Waals surface area contributed by atoms with Crippen molar-refractivity contribution in [3.05, 3.63) is 0 Å². The Morgan fingerprint density at radius 1 is 1.26 bits per heavy atom. The molecule has 0 aromatic carbocycles. The van der Waals surface area contributed by atoms with Gasteiger partial charge in [-0.15, -0.1) is 0 Å². The average Bonchev–Trinajstić information content (AvgIpc) is 2.69. The highest BCUT2D eigenvalue weighted by Crippen LogP contribution is 2.66. The van der Waals surface area contributed by atoms with Crippen LogP contribution in [0.25, 0.3) is 0 Å². The standard InChI is InChI=1S/C17H33NO/c1-6-8-14(18-7-2)12-19-15-11-13-9-10-17(15,5)16(13,3)4/h13-15,18H,6-12H2,1-5H3. The Labute approximate surface area is 119 Å². The van der Waals surface area contributed by atoms with Gasteiger partial charge in [-0.1, -0.05) is 41.0 Å². The molecule has 4 atom stereocenters. The fraction of sp³-hybridized carbons (Fsp3) is 1.00. The van der Waals surface area contributed by atoms with Gasteiger partial charge in [0.25, 0.3) is 0 Å². The Morgan fingerprint density at radius 2 is 2.00 bits per heavy atom. The number of hydrogen-bond acceptors (Lipinski definition) is 2. The number of likely N-dealkylation sites (N-methyl/N-ethyl adjacent to an activating group) is 1. The first-order chi connectivity index (χ1) is 8.95. The lowest BCUT2D eigenvalue weighted by Gasteiger charge is -2.39. The lowest BCUT2D eigenvalue weighted by atomic mass is 9.70. The fourth-order valence-electron chi connectivity index (χ4n) is 4.50. The summed E-state index contributed by atoms with van der Waals surface area (Å²) in [6.07, 6.45) is 7.00. The molecule has 2 rings (SSSR count). The third-order valence-electron chi connectivity index (χ3n) is 6.34. The number of fused-ring (bicyclic) bond motifs is 2. The minimum atomic E-state index is 0.403. The van der Waals surface area contributed by atoms with Crippen LogP contribution in [0.1, 0.15) is 66.7 Å². The van der Waals surface area contributed by atoms with E-state index >= 15 is 0 Å². The molecule has 0 saturated heterocycles. The van der Waals surface area contributed by atoms with Crippen molar-refractivity contribution in [2.45, 2.75) is 78.9 Å². The highest BCUT2D eigenvalue weighted by atomic mass is 16.5. The minimum Gasteiger partial charge on any atom is -0.376 e. The summed E-state index contributed by atoms with van der Waals surface area (Å²) in [4.78, 5) is 0. The molecule has 0 heterocycles. The maximum atomic E-state index is 6.38. The Morgan fingerprint density at radius 3 is 2.47 bits per heavy atom. The third kappa shape index (κ3) is 2.58. The fourth-order valence-corrected chi connectivity index (χ4v) is 4.50. The number of ether oxygens (including phenoxy) is 1. The smallest absolute Gasteiger partial charge is 0.0637 e. The first-order valence-corrected chi connectivity index (χ1v) is 8.30. The van der Waals surface area contributed by atoms with E-state index in [1.165, 1.54) is 32.1 Å². The van der Waals surface area contributed by atoms with Gasteiger partial charge >= 0.3 is 0 Å². The highest BCUT2D eigenvalue weighted by molar-refractivity contribution is 5.11. The second kappa shape index (κ2) is 5.73. The summed E-state index contributed by atoms with van der Waals surface area (Å²) in [5.74, 6) is 0.881. The maximum Gasteiger partial charge on any atom is 0.0637 e. The highest BCUT2D eigenvalue weighted by Gasteiger charge is 2.61. The largest absolute Gasteiger partial charge is 0.376 e. The van der Waals surface area contributed by atoms with Crippen LogP contribution in [0.5, 0.6) is 0 Å². The van der Waals surface area contributed by atoms with Crippen LogP contribution in [-0.2, 0) is 4.74 Å². The molecular formula is C17H33NO. The molecule has 0 aromatic heterocycles. The van der Waals surface area contributed by atoms with Gasteiger partial charge in [0.05, 0.1) is 12.7 Å². The normalized spacial score (nSPS) is 37.7. The van der Waals surface area contributed by atoms with Gasteiger partial charge in [0.1, 0.15) is 0 Å². The molecule has 0 amide bonds. The molecule has 4 unspecified atom stereocenters. The molecule has 2 bridgehead atoms. The summed E-state index contributed by atoms with van der Waals surface area (Å²) in [5, 5.41) is 3.56. The van der Waals surface area contributed by atoms with E-state index in [1.807, 2.05) is 0 Å². The molecule has 19 heavy (non-hydrogen) atoms. The predicted molar refractivity (Wildman–Crippen MR) is 81.3 cm³/mol. The Kier molecular flexibility index (Phi) is 4.62. The van der Waals surface area contributed by atoms with Crippen molar-refractivity contribution in [2.75, 3.05) is 13.2 Å². The minimum absolute atomic E-state index is 0.403. The number of rotatable bonds is 7. The van der Waals surface area contributed by atoms with Gasteiger partial charge in [-0.3, -0.25) is 0 Å². The van der Waals surface area contributed by atoms with E-state index in [0.29, 0.717) is 23.0 Å². The summed E-state index contributed by atoms with van der Waals surface area (Å²) in [5.41, 5.74) is 0.872. The van der Waals surface area contributed by atoms with Crippen molar-refractivity contribution < 1.29 is 4.74 Å². The van der Waals surface area contributed by atoms with Gasteiger partial charge in [-0.25, -0.2) is 0 Å². The Bertz CT molecular complexity index is 296. The molecular weight excluding hydrogens is 234 g/mol. The Balaban J connectivity index is 1.90. The maximum absolute atomic E-state index is 6.38. The zero-order chi connectivity index (χ0) is 14.1. The lowest BCUT2D eigenvalue weighted by molar-refractivity contribution is -0.0539. The Hall–Kier alpha value is -0.0800. The molecule has 2 aliphatic rings. The van der Waals surface area contributed by atoms with Crippen molar-refractivity contribution >= 4 is 0 Å². The van der Waals surface area contributed by atoms with Gasteiger partial charge in [0.2, 0.25) is 0 Å². The average molecular weight is 267 g/mol. The van der Waals surface area contributed by atoms with Crippen LogP contribution in [0.3, 0.4) is 0 Å². The van der Waals surface area contributed by atoms with E-state index in [2.05, 4.69) is 39.9 Å². The van der Waals surface area contributed by atoms with Crippen LogP contribution < -0.4 is 5.32 Å².